The molecule has 1 aliphatic heterocycles. The van der Waals surface area contributed by atoms with Gasteiger partial charge in [-0.15, -0.1) is 0 Å². The fourth-order valence-electron chi connectivity index (χ4n) is 2.16. The number of ether oxygens (including phenoxy) is 1. The van der Waals surface area contributed by atoms with Crippen molar-refractivity contribution in [1.82, 2.24) is 4.90 Å². The van der Waals surface area contributed by atoms with Gasteiger partial charge >= 0.3 is 0 Å². The molecule has 0 unspecified atom stereocenters. The van der Waals surface area contributed by atoms with Crippen molar-refractivity contribution in [2.75, 3.05) is 19.7 Å². The van der Waals surface area contributed by atoms with Crippen molar-refractivity contribution in [3.8, 4) is 5.75 Å². The maximum absolute atomic E-state index is 9.40. The van der Waals surface area contributed by atoms with Crippen LogP contribution in [-0.2, 0) is 11.3 Å². The minimum absolute atomic E-state index is 0.0604. The lowest BCUT2D eigenvalue weighted by molar-refractivity contribution is -0.0882. The zero-order chi connectivity index (χ0) is 11.6. The van der Waals surface area contributed by atoms with Crippen molar-refractivity contribution in [2.24, 2.45) is 0 Å². The van der Waals surface area contributed by atoms with Crippen molar-refractivity contribution in [3.05, 3.63) is 29.8 Å². The molecule has 1 heterocycles. The minimum atomic E-state index is -0.0604. The summed E-state index contributed by atoms with van der Waals surface area (Å²) in [7, 11) is 0. The van der Waals surface area contributed by atoms with Crippen LogP contribution < -0.4 is 0 Å². The second kappa shape index (κ2) is 4.44. The van der Waals surface area contributed by atoms with E-state index < -0.39 is 0 Å². The molecule has 1 N–H and O–H groups in total. The van der Waals surface area contributed by atoms with Crippen LogP contribution in [0.1, 0.15) is 19.4 Å². The number of benzene rings is 1. The van der Waals surface area contributed by atoms with Gasteiger partial charge in [-0.1, -0.05) is 12.1 Å². The van der Waals surface area contributed by atoms with Crippen LogP contribution in [0.5, 0.6) is 5.75 Å². The Hall–Kier alpha value is -1.06. The summed E-state index contributed by atoms with van der Waals surface area (Å²) >= 11 is 0. The van der Waals surface area contributed by atoms with Gasteiger partial charge in [0.1, 0.15) is 5.75 Å². The second-order valence-corrected chi connectivity index (χ2v) is 4.99. The molecule has 3 nitrogen and oxygen atoms in total. The maximum Gasteiger partial charge on any atom is 0.115 e. The number of phenols is 1. The Morgan fingerprint density at radius 1 is 1.44 bits per heavy atom. The summed E-state index contributed by atoms with van der Waals surface area (Å²) in [5, 5.41) is 9.40. The normalized spacial score (nSPS) is 20.9. The van der Waals surface area contributed by atoms with E-state index in [9.17, 15) is 5.11 Å². The van der Waals surface area contributed by atoms with E-state index in [4.69, 9.17) is 4.74 Å². The van der Waals surface area contributed by atoms with Crippen LogP contribution in [0.4, 0.5) is 0 Å². The molecule has 88 valence electrons. The number of rotatable bonds is 2. The van der Waals surface area contributed by atoms with E-state index in [1.165, 1.54) is 0 Å². The highest BCUT2D eigenvalue weighted by Gasteiger charge is 2.26. The Morgan fingerprint density at radius 3 is 2.94 bits per heavy atom. The summed E-state index contributed by atoms with van der Waals surface area (Å²) in [5.41, 5.74) is 1.09. The Labute approximate surface area is 96.6 Å². The van der Waals surface area contributed by atoms with Crippen LogP contribution in [0.2, 0.25) is 0 Å². The summed E-state index contributed by atoms with van der Waals surface area (Å²) in [6, 6.07) is 7.45. The molecule has 3 heteroatoms. The van der Waals surface area contributed by atoms with Crippen molar-refractivity contribution in [3.63, 3.8) is 0 Å². The van der Waals surface area contributed by atoms with Crippen LogP contribution in [0.3, 0.4) is 0 Å². The zero-order valence-electron chi connectivity index (χ0n) is 9.94. The maximum atomic E-state index is 9.40. The fraction of sp³-hybridized carbons (Fsp3) is 0.538. The number of hydrogen-bond donors (Lipinski definition) is 1. The SMILES string of the molecule is CC1(C)CN(Cc2cccc(O)c2)CCO1. The van der Waals surface area contributed by atoms with E-state index in [-0.39, 0.29) is 5.60 Å². The predicted molar refractivity (Wildman–Crippen MR) is 63.4 cm³/mol. The summed E-state index contributed by atoms with van der Waals surface area (Å²) in [5.74, 6) is 0.338. The smallest absolute Gasteiger partial charge is 0.115 e. The minimum Gasteiger partial charge on any atom is -0.508 e. The monoisotopic (exact) mass is 221 g/mol. The quantitative estimate of drug-likeness (QED) is 0.829. The highest BCUT2D eigenvalue weighted by molar-refractivity contribution is 5.27. The van der Waals surface area contributed by atoms with Gasteiger partial charge in [0, 0.05) is 19.6 Å². The highest BCUT2D eigenvalue weighted by atomic mass is 16.5. The third-order valence-corrected chi connectivity index (χ3v) is 2.82. The molecule has 1 aliphatic rings. The van der Waals surface area contributed by atoms with E-state index in [0.29, 0.717) is 5.75 Å². The first-order chi connectivity index (χ1) is 7.55. The number of phenolic OH excluding ortho intramolecular Hbond substituents is 1. The summed E-state index contributed by atoms with van der Waals surface area (Å²) in [4.78, 5) is 2.36. The van der Waals surface area contributed by atoms with E-state index in [1.807, 2.05) is 18.2 Å². The predicted octanol–water partition coefficient (Wildman–Crippen LogP) is 2.00. The zero-order valence-corrected chi connectivity index (χ0v) is 9.94. The lowest BCUT2D eigenvalue weighted by Crippen LogP contribution is -2.47. The first-order valence-electron chi connectivity index (χ1n) is 5.69. The van der Waals surface area contributed by atoms with E-state index in [1.54, 1.807) is 6.07 Å². The largest absolute Gasteiger partial charge is 0.508 e. The van der Waals surface area contributed by atoms with Gasteiger partial charge in [0.05, 0.1) is 12.2 Å². The van der Waals surface area contributed by atoms with Gasteiger partial charge in [-0.25, -0.2) is 0 Å². The lowest BCUT2D eigenvalue weighted by atomic mass is 10.1. The number of morpholine rings is 1. The molecule has 2 rings (SSSR count). The Morgan fingerprint density at radius 2 is 2.25 bits per heavy atom. The van der Waals surface area contributed by atoms with Gasteiger partial charge in [0.2, 0.25) is 0 Å². The Kier molecular flexibility index (Phi) is 3.17. The lowest BCUT2D eigenvalue weighted by Gasteiger charge is -2.38. The molecule has 1 aromatic carbocycles. The van der Waals surface area contributed by atoms with Gasteiger partial charge in [-0.2, -0.15) is 0 Å². The average Bonchev–Trinajstić information content (AvgIpc) is 2.15. The average molecular weight is 221 g/mol. The standard InChI is InChI=1S/C13H19NO2/c1-13(2)10-14(6-7-16-13)9-11-4-3-5-12(15)8-11/h3-5,8,15H,6-7,9-10H2,1-2H3. The van der Waals surface area contributed by atoms with Crippen molar-refractivity contribution in [1.29, 1.82) is 0 Å². The molecule has 1 aromatic rings. The molecule has 0 bridgehead atoms. The third-order valence-electron chi connectivity index (χ3n) is 2.82. The van der Waals surface area contributed by atoms with Crippen LogP contribution in [0, 0.1) is 0 Å². The van der Waals surface area contributed by atoms with Crippen LogP contribution in [-0.4, -0.2) is 35.3 Å². The summed E-state index contributed by atoms with van der Waals surface area (Å²) in [6.07, 6.45) is 0. The first-order valence-corrected chi connectivity index (χ1v) is 5.69. The summed E-state index contributed by atoms with van der Waals surface area (Å²) < 4.78 is 5.67. The highest BCUT2D eigenvalue weighted by Crippen LogP contribution is 2.19. The molecule has 1 fully saturated rings. The molecule has 0 spiro atoms. The van der Waals surface area contributed by atoms with Crippen molar-refractivity contribution < 1.29 is 9.84 Å². The molecule has 0 amide bonds. The molecule has 0 saturated carbocycles. The van der Waals surface area contributed by atoms with E-state index >= 15 is 0 Å². The van der Waals surface area contributed by atoms with Crippen LogP contribution >= 0.6 is 0 Å². The Balaban J connectivity index is 1.99. The van der Waals surface area contributed by atoms with Crippen LogP contribution in [0.15, 0.2) is 24.3 Å². The topological polar surface area (TPSA) is 32.7 Å². The van der Waals surface area contributed by atoms with Gasteiger partial charge in [0.25, 0.3) is 0 Å². The van der Waals surface area contributed by atoms with Gasteiger partial charge in [-0.3, -0.25) is 4.90 Å². The molecule has 16 heavy (non-hydrogen) atoms. The van der Waals surface area contributed by atoms with E-state index in [0.717, 1.165) is 31.8 Å². The number of hydrogen-bond acceptors (Lipinski definition) is 3. The molecule has 0 radical (unpaired) electrons. The van der Waals surface area contributed by atoms with Gasteiger partial charge in [0.15, 0.2) is 0 Å². The number of nitrogens with zero attached hydrogens (tertiary/aromatic N) is 1. The van der Waals surface area contributed by atoms with Gasteiger partial charge < -0.3 is 9.84 Å². The molecular formula is C13H19NO2. The third kappa shape index (κ3) is 2.97. The molecule has 0 aromatic heterocycles. The molecular weight excluding hydrogens is 202 g/mol. The molecule has 0 atom stereocenters. The Bertz CT molecular complexity index is 363. The number of aromatic hydroxyl groups is 1. The first kappa shape index (κ1) is 11.4. The van der Waals surface area contributed by atoms with Crippen molar-refractivity contribution in [2.45, 2.75) is 26.0 Å². The van der Waals surface area contributed by atoms with Crippen LogP contribution in [0.25, 0.3) is 0 Å². The second-order valence-electron chi connectivity index (χ2n) is 4.99. The fourth-order valence-corrected chi connectivity index (χ4v) is 2.16. The molecule has 0 aliphatic carbocycles. The molecule has 1 saturated heterocycles. The van der Waals surface area contributed by atoms with Gasteiger partial charge in [-0.05, 0) is 31.5 Å². The van der Waals surface area contributed by atoms with Crippen molar-refractivity contribution >= 4 is 0 Å². The summed E-state index contributed by atoms with van der Waals surface area (Å²) in [6.45, 7) is 7.78. The van der Waals surface area contributed by atoms with E-state index in [2.05, 4.69) is 18.7 Å².